The molecule has 1 fully saturated rings. The zero-order chi connectivity index (χ0) is 12.5. The molecule has 17 heavy (non-hydrogen) atoms. The van der Waals surface area contributed by atoms with Crippen LogP contribution in [0.5, 0.6) is 0 Å². The van der Waals surface area contributed by atoms with E-state index in [1.165, 1.54) is 23.0 Å². The Kier molecular flexibility index (Phi) is 4.32. The monoisotopic (exact) mass is 315 g/mol. The topological polar surface area (TPSA) is 12.0 Å². The third kappa shape index (κ3) is 2.22. The summed E-state index contributed by atoms with van der Waals surface area (Å²) in [5.74, 6) is 0.762. The molecule has 1 aromatic rings. The molecule has 96 valence electrons. The second kappa shape index (κ2) is 5.41. The summed E-state index contributed by atoms with van der Waals surface area (Å²) in [6.45, 7) is 8.00. The highest BCUT2D eigenvalue weighted by Gasteiger charge is 2.52. The van der Waals surface area contributed by atoms with E-state index in [4.69, 9.17) is 0 Å². The Morgan fingerprint density at radius 2 is 2.06 bits per heavy atom. The summed E-state index contributed by atoms with van der Waals surface area (Å²) in [7, 11) is 0. The minimum Gasteiger partial charge on any atom is -0.314 e. The van der Waals surface area contributed by atoms with Gasteiger partial charge in [-0.1, -0.05) is 20.8 Å². The van der Waals surface area contributed by atoms with Gasteiger partial charge in [0, 0.05) is 16.8 Å². The van der Waals surface area contributed by atoms with E-state index in [2.05, 4.69) is 54.2 Å². The minimum absolute atomic E-state index is 0.486. The highest BCUT2D eigenvalue weighted by atomic mass is 79.9. The molecule has 1 N–H and O–H groups in total. The molecule has 0 saturated heterocycles. The summed E-state index contributed by atoms with van der Waals surface area (Å²) < 4.78 is 1.26. The molecule has 0 aromatic carbocycles. The lowest BCUT2D eigenvalue weighted by Crippen LogP contribution is -2.57. The van der Waals surface area contributed by atoms with Crippen molar-refractivity contribution in [2.24, 2.45) is 5.41 Å². The fourth-order valence-electron chi connectivity index (χ4n) is 3.47. The first-order valence-electron chi connectivity index (χ1n) is 6.66. The Hall–Kier alpha value is 0.140. The van der Waals surface area contributed by atoms with Crippen molar-refractivity contribution in [2.75, 3.05) is 6.54 Å². The van der Waals surface area contributed by atoms with E-state index in [0.717, 1.165) is 12.5 Å². The average Bonchev–Trinajstić information content (AvgIpc) is 2.72. The van der Waals surface area contributed by atoms with Crippen LogP contribution in [0.15, 0.2) is 15.9 Å². The molecule has 3 heteroatoms. The predicted octanol–water partition coefficient (Wildman–Crippen LogP) is 4.78. The number of thiophene rings is 1. The third-order valence-corrected chi connectivity index (χ3v) is 6.30. The summed E-state index contributed by atoms with van der Waals surface area (Å²) in [4.78, 5) is 1.56. The maximum atomic E-state index is 3.67. The molecule has 0 bridgehead atoms. The SMILES string of the molecule is CCNC1CC(c2ccc(Br)s2)C1(CC)CC. The quantitative estimate of drug-likeness (QED) is 0.824. The van der Waals surface area contributed by atoms with E-state index in [1.54, 1.807) is 4.88 Å². The number of nitrogens with one attached hydrogen (secondary N) is 1. The van der Waals surface area contributed by atoms with E-state index in [9.17, 15) is 0 Å². The van der Waals surface area contributed by atoms with Crippen LogP contribution in [0.25, 0.3) is 0 Å². The first-order valence-corrected chi connectivity index (χ1v) is 8.27. The summed E-state index contributed by atoms with van der Waals surface area (Å²) in [5, 5.41) is 3.67. The summed E-state index contributed by atoms with van der Waals surface area (Å²) in [5.41, 5.74) is 0.486. The maximum absolute atomic E-state index is 3.67. The molecule has 1 heterocycles. The Labute approximate surface area is 117 Å². The van der Waals surface area contributed by atoms with Gasteiger partial charge in [0.05, 0.1) is 3.79 Å². The van der Waals surface area contributed by atoms with Crippen LogP contribution < -0.4 is 5.32 Å². The molecule has 0 radical (unpaired) electrons. The minimum atomic E-state index is 0.486. The normalized spacial score (nSPS) is 26.8. The van der Waals surface area contributed by atoms with Crippen LogP contribution >= 0.6 is 27.3 Å². The lowest BCUT2D eigenvalue weighted by Gasteiger charge is -2.56. The van der Waals surface area contributed by atoms with Crippen molar-refractivity contribution in [1.29, 1.82) is 0 Å². The zero-order valence-corrected chi connectivity index (χ0v) is 13.3. The summed E-state index contributed by atoms with van der Waals surface area (Å²) in [6.07, 6.45) is 3.87. The van der Waals surface area contributed by atoms with Crippen molar-refractivity contribution < 1.29 is 0 Å². The highest BCUT2D eigenvalue weighted by Crippen LogP contribution is 2.58. The molecule has 0 amide bonds. The van der Waals surface area contributed by atoms with Gasteiger partial charge in [-0.05, 0) is 59.3 Å². The second-order valence-corrected chi connectivity index (χ2v) is 7.48. The summed E-state index contributed by atoms with van der Waals surface area (Å²) >= 11 is 5.50. The van der Waals surface area contributed by atoms with Crippen molar-refractivity contribution in [3.8, 4) is 0 Å². The Balaban J connectivity index is 2.20. The molecule has 1 aliphatic rings. The fraction of sp³-hybridized carbons (Fsp3) is 0.714. The molecule has 0 spiro atoms. The molecule has 2 atom stereocenters. The van der Waals surface area contributed by atoms with Crippen molar-refractivity contribution in [3.05, 3.63) is 20.8 Å². The molecule has 0 aliphatic heterocycles. The largest absolute Gasteiger partial charge is 0.314 e. The van der Waals surface area contributed by atoms with Gasteiger partial charge >= 0.3 is 0 Å². The lowest BCUT2D eigenvalue weighted by molar-refractivity contribution is 0.0229. The summed E-state index contributed by atoms with van der Waals surface area (Å²) in [6, 6.07) is 5.21. The molecular weight excluding hydrogens is 294 g/mol. The predicted molar refractivity (Wildman–Crippen MR) is 79.9 cm³/mol. The van der Waals surface area contributed by atoms with Crippen LogP contribution in [0.1, 0.15) is 50.8 Å². The Bertz CT molecular complexity index is 370. The van der Waals surface area contributed by atoms with Crippen molar-refractivity contribution in [2.45, 2.75) is 52.0 Å². The van der Waals surface area contributed by atoms with Gasteiger partial charge in [-0.3, -0.25) is 0 Å². The van der Waals surface area contributed by atoms with Gasteiger partial charge in [0.1, 0.15) is 0 Å². The van der Waals surface area contributed by atoms with E-state index in [1.807, 2.05) is 11.3 Å². The number of halogens is 1. The molecule has 1 aliphatic carbocycles. The number of rotatable bonds is 5. The van der Waals surface area contributed by atoms with E-state index in [-0.39, 0.29) is 0 Å². The fourth-order valence-corrected chi connectivity index (χ4v) is 5.13. The maximum Gasteiger partial charge on any atom is 0.0701 e. The van der Waals surface area contributed by atoms with Crippen molar-refractivity contribution in [3.63, 3.8) is 0 Å². The van der Waals surface area contributed by atoms with Crippen LogP contribution in [0.4, 0.5) is 0 Å². The first-order chi connectivity index (χ1) is 8.17. The van der Waals surface area contributed by atoms with E-state index < -0.39 is 0 Å². The smallest absolute Gasteiger partial charge is 0.0701 e. The molecular formula is C14H22BrNS. The van der Waals surface area contributed by atoms with Crippen LogP contribution in [-0.4, -0.2) is 12.6 Å². The van der Waals surface area contributed by atoms with Gasteiger partial charge in [0.2, 0.25) is 0 Å². The van der Waals surface area contributed by atoms with Crippen LogP contribution in [-0.2, 0) is 0 Å². The molecule has 1 aromatic heterocycles. The second-order valence-electron chi connectivity index (χ2n) is 4.98. The molecule has 1 saturated carbocycles. The van der Waals surface area contributed by atoms with Crippen molar-refractivity contribution in [1.82, 2.24) is 5.32 Å². The molecule has 2 rings (SSSR count). The van der Waals surface area contributed by atoms with E-state index >= 15 is 0 Å². The highest BCUT2D eigenvalue weighted by molar-refractivity contribution is 9.11. The van der Waals surface area contributed by atoms with Crippen LogP contribution in [0, 0.1) is 5.41 Å². The Morgan fingerprint density at radius 1 is 1.35 bits per heavy atom. The molecule has 2 unspecified atom stereocenters. The van der Waals surface area contributed by atoms with Gasteiger partial charge in [-0.15, -0.1) is 11.3 Å². The van der Waals surface area contributed by atoms with Gasteiger partial charge in [-0.2, -0.15) is 0 Å². The van der Waals surface area contributed by atoms with Gasteiger partial charge in [0.25, 0.3) is 0 Å². The number of hydrogen-bond acceptors (Lipinski definition) is 2. The standard InChI is InChI=1S/C14H22BrNS/c1-4-14(5-2)10(9-12(14)16-6-3)11-7-8-13(15)17-11/h7-8,10,12,16H,4-6,9H2,1-3H3. The lowest BCUT2D eigenvalue weighted by atomic mass is 9.53. The zero-order valence-electron chi connectivity index (χ0n) is 10.9. The Morgan fingerprint density at radius 3 is 2.53 bits per heavy atom. The average molecular weight is 316 g/mol. The molecule has 1 nitrogen and oxygen atoms in total. The van der Waals surface area contributed by atoms with Gasteiger partial charge in [0.15, 0.2) is 0 Å². The third-order valence-electron chi connectivity index (χ3n) is 4.56. The number of hydrogen-bond donors (Lipinski definition) is 1. The van der Waals surface area contributed by atoms with E-state index in [0.29, 0.717) is 11.5 Å². The van der Waals surface area contributed by atoms with Gasteiger partial charge < -0.3 is 5.32 Å². The first kappa shape index (κ1) is 13.6. The van der Waals surface area contributed by atoms with Crippen LogP contribution in [0.3, 0.4) is 0 Å². The van der Waals surface area contributed by atoms with Crippen LogP contribution in [0.2, 0.25) is 0 Å². The van der Waals surface area contributed by atoms with Crippen molar-refractivity contribution >= 4 is 27.3 Å². The van der Waals surface area contributed by atoms with Gasteiger partial charge in [-0.25, -0.2) is 0 Å².